The third-order valence-corrected chi connectivity index (χ3v) is 9.68. The van der Waals surface area contributed by atoms with E-state index in [1.54, 1.807) is 12.1 Å². The molecule has 274 valence electrons. The normalized spacial score (nSPS) is 20.8. The summed E-state index contributed by atoms with van der Waals surface area (Å²) in [5.74, 6) is -2.04. The van der Waals surface area contributed by atoms with E-state index in [0.29, 0.717) is 42.7 Å². The number of aromatic nitrogens is 2. The van der Waals surface area contributed by atoms with E-state index < -0.39 is 47.0 Å². The van der Waals surface area contributed by atoms with Gasteiger partial charge < -0.3 is 33.5 Å². The molecule has 15 heteroatoms. The number of esters is 2. The highest BCUT2D eigenvalue weighted by Crippen LogP contribution is 2.55. The van der Waals surface area contributed by atoms with Crippen LogP contribution in [0.2, 0.25) is 0 Å². The van der Waals surface area contributed by atoms with Gasteiger partial charge in [-0.05, 0) is 72.6 Å². The molecule has 2 aliphatic heterocycles. The molecule has 1 aromatic heterocycles. The number of aromatic amines is 1. The van der Waals surface area contributed by atoms with Gasteiger partial charge in [-0.3, -0.25) is 29.3 Å². The third-order valence-electron chi connectivity index (χ3n) is 9.68. The molecule has 3 heterocycles. The van der Waals surface area contributed by atoms with E-state index in [9.17, 15) is 28.7 Å². The quantitative estimate of drug-likeness (QED) is 0.164. The average molecular weight is 712 g/mol. The van der Waals surface area contributed by atoms with E-state index >= 15 is 0 Å². The fourth-order valence-corrected chi connectivity index (χ4v) is 7.27. The van der Waals surface area contributed by atoms with Crippen LogP contribution in [0.15, 0.2) is 40.1 Å². The molecule has 0 amide bonds. The van der Waals surface area contributed by atoms with Gasteiger partial charge >= 0.3 is 17.6 Å². The Morgan fingerprint density at radius 2 is 1.71 bits per heavy atom. The first-order valence-corrected chi connectivity index (χ1v) is 17.0. The van der Waals surface area contributed by atoms with Gasteiger partial charge in [-0.25, -0.2) is 4.79 Å². The van der Waals surface area contributed by atoms with Crippen molar-refractivity contribution < 1.29 is 47.5 Å². The van der Waals surface area contributed by atoms with Crippen LogP contribution in [0, 0.1) is 23.6 Å². The van der Waals surface area contributed by atoms with Crippen molar-refractivity contribution in [1.29, 1.82) is 0 Å². The number of aryl methyl sites for hydroxylation is 1. The highest BCUT2D eigenvalue weighted by molar-refractivity contribution is 5.79. The fraction of sp³-hybridized carbons (Fsp3) is 0.500. The van der Waals surface area contributed by atoms with Crippen molar-refractivity contribution in [2.45, 2.75) is 64.1 Å². The number of ether oxygens (including phenoxy) is 6. The molecule has 1 aliphatic carbocycles. The Bertz CT molecular complexity index is 1880. The number of methoxy groups -OCH3 is 2. The fourth-order valence-electron chi connectivity index (χ4n) is 7.27. The molecule has 3 aromatic rings. The van der Waals surface area contributed by atoms with Gasteiger partial charge in [0.15, 0.2) is 23.0 Å². The molecule has 2 aromatic carbocycles. The summed E-state index contributed by atoms with van der Waals surface area (Å²) in [5, 5.41) is 14.2. The highest BCUT2D eigenvalue weighted by Gasteiger charge is 2.53. The molecule has 0 unspecified atom stereocenters. The van der Waals surface area contributed by atoms with E-state index in [1.165, 1.54) is 14.2 Å². The first kappa shape index (κ1) is 35.8. The zero-order valence-corrected chi connectivity index (χ0v) is 28.9. The number of carbonyl (C=O) groups excluding carboxylic acids is 2. The Labute approximate surface area is 292 Å². The molecule has 1 saturated heterocycles. The minimum absolute atomic E-state index is 0.0392. The first-order valence-electron chi connectivity index (χ1n) is 17.0. The number of phenols is 1. The molecule has 0 spiro atoms. The lowest BCUT2D eigenvalue weighted by Gasteiger charge is -2.41. The number of benzene rings is 2. The summed E-state index contributed by atoms with van der Waals surface area (Å²) in [6.07, 6.45) is 2.93. The molecule has 0 radical (unpaired) electrons. The molecule has 0 saturated carbocycles. The summed E-state index contributed by atoms with van der Waals surface area (Å²) < 4.78 is 48.5. The van der Waals surface area contributed by atoms with Gasteiger partial charge in [0.05, 0.1) is 39.5 Å². The maximum absolute atomic E-state index is 13.6. The summed E-state index contributed by atoms with van der Waals surface area (Å²) in [6.45, 7) is 4.49. The second kappa shape index (κ2) is 15.1. The van der Waals surface area contributed by atoms with Crippen LogP contribution in [0.4, 0.5) is 4.39 Å². The number of fused-ring (bicyclic) bond motifs is 3. The van der Waals surface area contributed by atoms with Crippen molar-refractivity contribution in [2.75, 3.05) is 34.2 Å². The second-order valence-electron chi connectivity index (χ2n) is 13.4. The number of unbranched alkanes of at least 4 members (excludes halogenated alkanes) is 2. The van der Waals surface area contributed by atoms with E-state index in [-0.39, 0.29) is 61.6 Å². The molecule has 3 aliphatic rings. The third kappa shape index (κ3) is 7.25. The smallest absolute Gasteiger partial charge is 0.328 e. The van der Waals surface area contributed by atoms with Crippen LogP contribution >= 0.6 is 0 Å². The Morgan fingerprint density at radius 1 is 1.02 bits per heavy atom. The van der Waals surface area contributed by atoms with Crippen LogP contribution in [0.1, 0.15) is 68.2 Å². The molecule has 3 N–H and O–H groups in total. The number of phenolic OH excluding ortho intramolecular Hbond substituents is 1. The molecule has 1 fully saturated rings. The summed E-state index contributed by atoms with van der Waals surface area (Å²) >= 11 is 0. The number of aromatic hydroxyl groups is 1. The second-order valence-corrected chi connectivity index (χ2v) is 13.4. The number of cyclic esters (lactones) is 1. The van der Waals surface area contributed by atoms with E-state index in [0.717, 1.165) is 21.9 Å². The van der Waals surface area contributed by atoms with Crippen molar-refractivity contribution in [3.63, 3.8) is 0 Å². The highest BCUT2D eigenvalue weighted by atomic mass is 19.1. The molecule has 51 heavy (non-hydrogen) atoms. The number of carbonyl (C=O) groups is 2. The SMILES string of the molecule is COc1cc([C@@H]2c3cc4c(cc3[C@@H](N[C@@H](CC(C)C)C(=O)OCCCCCn3cc(F)c(=O)[nH]c3=O)[C@H]3COC(=O)[C@H]23)OCO4)cc(OC)c1O. The topological polar surface area (TPSA) is 177 Å². The Morgan fingerprint density at radius 3 is 2.37 bits per heavy atom. The van der Waals surface area contributed by atoms with Crippen molar-refractivity contribution in [1.82, 2.24) is 14.9 Å². The standard InChI is InChI=1S/C36H42FN3O11/c1-18(2)10-24(34(43)48-9-7-5-6-8-40-15-23(37)33(42)39-36(40)45)38-31-21-14-26-25(50-17-51-26)13-20(21)29(30-22(31)16-49-35(30)44)19-11-27(46-3)32(41)28(12-19)47-4/h11-15,18,22,24,29-31,38,41H,5-10,16-17H2,1-4H3,(H,39,42,45)/t22-,24-,29+,30-,31+/m0/s1. The molecular formula is C36H42FN3O11. The van der Waals surface area contributed by atoms with Gasteiger partial charge in [-0.15, -0.1) is 0 Å². The van der Waals surface area contributed by atoms with Gasteiger partial charge in [0.25, 0.3) is 5.56 Å². The summed E-state index contributed by atoms with van der Waals surface area (Å²) in [4.78, 5) is 52.3. The Balaban J connectivity index is 1.24. The van der Waals surface area contributed by atoms with Gasteiger partial charge in [0.1, 0.15) is 6.04 Å². The molecular weight excluding hydrogens is 669 g/mol. The first-order chi connectivity index (χ1) is 24.5. The number of nitrogens with zero attached hydrogens (tertiary/aromatic N) is 1. The van der Waals surface area contributed by atoms with Gasteiger partial charge in [0, 0.05) is 24.4 Å². The Kier molecular flexibility index (Phi) is 10.6. The van der Waals surface area contributed by atoms with Crippen molar-refractivity contribution in [2.24, 2.45) is 17.8 Å². The zero-order valence-electron chi connectivity index (χ0n) is 28.9. The summed E-state index contributed by atoms with van der Waals surface area (Å²) in [7, 11) is 2.87. The van der Waals surface area contributed by atoms with Gasteiger partial charge in [-0.2, -0.15) is 4.39 Å². The number of H-pyrrole nitrogens is 1. The minimum atomic E-state index is -1.06. The van der Waals surface area contributed by atoms with E-state index in [4.69, 9.17) is 28.4 Å². The van der Waals surface area contributed by atoms with Crippen LogP contribution < -0.4 is 35.5 Å². The monoisotopic (exact) mass is 711 g/mol. The molecule has 14 nitrogen and oxygen atoms in total. The van der Waals surface area contributed by atoms with Crippen molar-refractivity contribution in [3.05, 3.63) is 73.8 Å². The van der Waals surface area contributed by atoms with Crippen molar-refractivity contribution in [3.8, 4) is 28.7 Å². The number of halogens is 1. The largest absolute Gasteiger partial charge is 0.502 e. The molecule has 6 rings (SSSR count). The lowest BCUT2D eigenvalue weighted by molar-refractivity contribution is -0.147. The predicted molar refractivity (Wildman–Crippen MR) is 179 cm³/mol. The lowest BCUT2D eigenvalue weighted by Crippen LogP contribution is -2.48. The number of nitrogens with one attached hydrogen (secondary N) is 2. The summed E-state index contributed by atoms with van der Waals surface area (Å²) in [5.41, 5.74) is 0.503. The summed E-state index contributed by atoms with van der Waals surface area (Å²) in [6, 6.07) is 5.88. The van der Waals surface area contributed by atoms with Gasteiger partial charge in [-0.1, -0.05) is 13.8 Å². The lowest BCUT2D eigenvalue weighted by atomic mass is 9.65. The van der Waals surface area contributed by atoms with Crippen molar-refractivity contribution >= 4 is 11.9 Å². The average Bonchev–Trinajstić information content (AvgIpc) is 3.73. The minimum Gasteiger partial charge on any atom is -0.502 e. The van der Waals surface area contributed by atoms with Crippen LogP contribution in [-0.4, -0.2) is 66.9 Å². The van der Waals surface area contributed by atoms with Crippen LogP contribution in [0.5, 0.6) is 28.7 Å². The maximum atomic E-state index is 13.6. The van der Waals surface area contributed by atoms with Gasteiger partial charge in [0.2, 0.25) is 18.4 Å². The van der Waals surface area contributed by atoms with Crippen LogP contribution in [0.25, 0.3) is 0 Å². The zero-order chi connectivity index (χ0) is 36.4. The Hall–Kier alpha value is -5.05. The number of hydrogen-bond acceptors (Lipinski definition) is 12. The molecule has 5 atom stereocenters. The van der Waals surface area contributed by atoms with E-state index in [2.05, 4.69) is 5.32 Å². The number of hydrogen-bond donors (Lipinski definition) is 3. The molecule has 0 bridgehead atoms. The maximum Gasteiger partial charge on any atom is 0.328 e. The van der Waals surface area contributed by atoms with E-state index in [1.807, 2.05) is 31.0 Å². The number of rotatable bonds is 14. The van der Waals surface area contributed by atoms with Crippen LogP contribution in [0.3, 0.4) is 0 Å². The predicted octanol–water partition coefficient (Wildman–Crippen LogP) is 3.52. The van der Waals surface area contributed by atoms with Crippen LogP contribution in [-0.2, 0) is 25.6 Å².